The summed E-state index contributed by atoms with van der Waals surface area (Å²) in [4.78, 5) is 23.3. The molecular weight excluding hydrogens is 262 g/mol. The molecule has 0 fully saturated rings. The highest BCUT2D eigenvalue weighted by Crippen LogP contribution is 2.06. The van der Waals surface area contributed by atoms with Crippen molar-refractivity contribution in [2.75, 3.05) is 13.7 Å². The Kier molecular flexibility index (Phi) is 6.17. The Morgan fingerprint density at radius 3 is 2.70 bits per heavy atom. The van der Waals surface area contributed by atoms with Crippen molar-refractivity contribution in [2.24, 2.45) is 0 Å². The van der Waals surface area contributed by atoms with Crippen molar-refractivity contribution in [3.63, 3.8) is 0 Å². The molecule has 0 aliphatic rings. The topological polar surface area (TPSA) is 93.5 Å². The molecule has 7 nitrogen and oxygen atoms in total. The summed E-state index contributed by atoms with van der Waals surface area (Å²) < 4.78 is 6.42. The van der Waals surface area contributed by atoms with E-state index in [1.54, 1.807) is 10.7 Å². The lowest BCUT2D eigenvalue weighted by Gasteiger charge is -2.14. The van der Waals surface area contributed by atoms with Crippen LogP contribution in [0.15, 0.2) is 6.07 Å². The Labute approximate surface area is 117 Å². The van der Waals surface area contributed by atoms with Crippen LogP contribution in [0.4, 0.5) is 0 Å². The summed E-state index contributed by atoms with van der Waals surface area (Å²) >= 11 is 0. The number of carboxylic acid groups (broad SMARTS) is 1. The van der Waals surface area contributed by atoms with Gasteiger partial charge in [-0.15, -0.1) is 0 Å². The van der Waals surface area contributed by atoms with E-state index in [1.807, 2.05) is 13.8 Å². The van der Waals surface area contributed by atoms with Crippen LogP contribution in [0.25, 0.3) is 0 Å². The van der Waals surface area contributed by atoms with Gasteiger partial charge in [0.25, 0.3) is 5.91 Å². The van der Waals surface area contributed by atoms with Gasteiger partial charge in [0.1, 0.15) is 11.7 Å². The van der Waals surface area contributed by atoms with Gasteiger partial charge in [-0.2, -0.15) is 5.10 Å². The second kappa shape index (κ2) is 7.64. The minimum Gasteiger partial charge on any atom is -0.480 e. The molecular formula is C13H21N3O4. The van der Waals surface area contributed by atoms with Crippen LogP contribution in [0.3, 0.4) is 0 Å². The van der Waals surface area contributed by atoms with Crippen molar-refractivity contribution < 1.29 is 19.4 Å². The summed E-state index contributed by atoms with van der Waals surface area (Å²) in [5, 5.41) is 15.8. The fraction of sp³-hybridized carbons (Fsp3) is 0.615. The number of aliphatic carboxylic acids is 1. The summed E-state index contributed by atoms with van der Waals surface area (Å²) in [6.45, 7) is 4.65. The Balaban J connectivity index is 2.82. The van der Waals surface area contributed by atoms with E-state index in [1.165, 1.54) is 7.11 Å². The van der Waals surface area contributed by atoms with Gasteiger partial charge >= 0.3 is 5.97 Å². The van der Waals surface area contributed by atoms with Crippen molar-refractivity contribution in [1.82, 2.24) is 15.1 Å². The fourth-order valence-electron chi connectivity index (χ4n) is 1.79. The first-order valence-corrected chi connectivity index (χ1v) is 6.62. The second-order valence-electron chi connectivity index (χ2n) is 4.34. The average Bonchev–Trinajstić information content (AvgIpc) is 2.86. The second-order valence-corrected chi connectivity index (χ2v) is 4.34. The van der Waals surface area contributed by atoms with Crippen LogP contribution in [-0.2, 0) is 22.5 Å². The van der Waals surface area contributed by atoms with Crippen LogP contribution in [-0.4, -0.2) is 46.5 Å². The molecule has 1 atom stereocenters. The van der Waals surface area contributed by atoms with Gasteiger partial charge in [0.15, 0.2) is 0 Å². The van der Waals surface area contributed by atoms with Crippen LogP contribution < -0.4 is 5.32 Å². The van der Waals surface area contributed by atoms with E-state index in [2.05, 4.69) is 10.4 Å². The maximum atomic E-state index is 12.2. The molecule has 0 spiro atoms. The van der Waals surface area contributed by atoms with Crippen LogP contribution >= 0.6 is 0 Å². The SMILES string of the molecule is CCc1cc(C(=O)NC(CCOC)C(=O)O)n(CC)n1. The van der Waals surface area contributed by atoms with Gasteiger partial charge in [0.2, 0.25) is 0 Å². The van der Waals surface area contributed by atoms with Crippen molar-refractivity contribution >= 4 is 11.9 Å². The lowest BCUT2D eigenvalue weighted by molar-refractivity contribution is -0.139. The summed E-state index contributed by atoms with van der Waals surface area (Å²) in [7, 11) is 1.49. The Bertz CT molecular complexity index is 470. The molecule has 1 amide bonds. The van der Waals surface area contributed by atoms with Crippen LogP contribution in [0.2, 0.25) is 0 Å². The molecule has 1 aromatic rings. The number of nitrogens with one attached hydrogen (secondary N) is 1. The maximum Gasteiger partial charge on any atom is 0.326 e. The molecule has 7 heteroatoms. The van der Waals surface area contributed by atoms with E-state index in [0.29, 0.717) is 12.2 Å². The predicted octanol–water partition coefficient (Wildman–Crippen LogP) is 0.685. The summed E-state index contributed by atoms with van der Waals surface area (Å²) in [6.07, 6.45) is 0.942. The first-order valence-electron chi connectivity index (χ1n) is 6.62. The smallest absolute Gasteiger partial charge is 0.326 e. The van der Waals surface area contributed by atoms with Crippen molar-refractivity contribution in [3.05, 3.63) is 17.5 Å². The van der Waals surface area contributed by atoms with Gasteiger partial charge in [0, 0.05) is 26.7 Å². The zero-order chi connectivity index (χ0) is 15.1. The highest BCUT2D eigenvalue weighted by Gasteiger charge is 2.22. The number of rotatable bonds is 8. The fourth-order valence-corrected chi connectivity index (χ4v) is 1.79. The van der Waals surface area contributed by atoms with Crippen LogP contribution in [0, 0.1) is 0 Å². The van der Waals surface area contributed by atoms with Crippen LogP contribution in [0.5, 0.6) is 0 Å². The predicted molar refractivity (Wildman–Crippen MR) is 72.7 cm³/mol. The minimum atomic E-state index is -1.08. The van der Waals surface area contributed by atoms with Crippen molar-refractivity contribution in [3.8, 4) is 0 Å². The number of carbonyl (C=O) groups is 2. The monoisotopic (exact) mass is 283 g/mol. The van der Waals surface area contributed by atoms with E-state index in [0.717, 1.165) is 12.1 Å². The number of amides is 1. The molecule has 1 aromatic heterocycles. The number of methoxy groups -OCH3 is 1. The number of aromatic nitrogens is 2. The number of hydrogen-bond acceptors (Lipinski definition) is 4. The molecule has 1 rings (SSSR count). The third kappa shape index (κ3) is 4.06. The third-order valence-electron chi connectivity index (χ3n) is 2.94. The summed E-state index contributed by atoms with van der Waals surface area (Å²) in [5.41, 5.74) is 1.19. The number of carboxylic acids is 1. The summed E-state index contributed by atoms with van der Waals surface area (Å²) in [5.74, 6) is -1.50. The molecule has 0 saturated carbocycles. The molecule has 0 saturated heterocycles. The van der Waals surface area contributed by atoms with E-state index < -0.39 is 17.9 Å². The van der Waals surface area contributed by atoms with Crippen molar-refractivity contribution in [1.29, 1.82) is 0 Å². The molecule has 0 radical (unpaired) electrons. The third-order valence-corrected chi connectivity index (χ3v) is 2.94. The van der Waals surface area contributed by atoms with E-state index in [-0.39, 0.29) is 13.0 Å². The van der Waals surface area contributed by atoms with E-state index in [4.69, 9.17) is 9.84 Å². The quantitative estimate of drug-likeness (QED) is 0.732. The Morgan fingerprint density at radius 1 is 1.50 bits per heavy atom. The average molecular weight is 283 g/mol. The lowest BCUT2D eigenvalue weighted by atomic mass is 10.2. The largest absolute Gasteiger partial charge is 0.480 e. The molecule has 0 aromatic carbocycles. The Morgan fingerprint density at radius 2 is 2.20 bits per heavy atom. The molecule has 1 heterocycles. The first-order chi connectivity index (χ1) is 9.53. The van der Waals surface area contributed by atoms with Gasteiger partial charge in [-0.05, 0) is 19.4 Å². The zero-order valence-corrected chi connectivity index (χ0v) is 12.0. The van der Waals surface area contributed by atoms with Gasteiger partial charge in [-0.1, -0.05) is 6.92 Å². The first kappa shape index (κ1) is 16.2. The Hall–Kier alpha value is -1.89. The molecule has 112 valence electrons. The number of hydrogen-bond donors (Lipinski definition) is 2. The highest BCUT2D eigenvalue weighted by molar-refractivity contribution is 5.95. The van der Waals surface area contributed by atoms with Gasteiger partial charge in [-0.3, -0.25) is 9.48 Å². The molecule has 0 bridgehead atoms. The van der Waals surface area contributed by atoms with Gasteiger partial charge < -0.3 is 15.2 Å². The number of aryl methyl sites for hydroxylation is 2. The molecule has 0 aliphatic carbocycles. The maximum absolute atomic E-state index is 12.2. The highest BCUT2D eigenvalue weighted by atomic mass is 16.5. The van der Waals surface area contributed by atoms with Crippen molar-refractivity contribution in [2.45, 2.75) is 39.3 Å². The zero-order valence-electron chi connectivity index (χ0n) is 12.0. The number of carbonyl (C=O) groups excluding carboxylic acids is 1. The van der Waals surface area contributed by atoms with Gasteiger partial charge in [0.05, 0.1) is 5.69 Å². The van der Waals surface area contributed by atoms with Crippen LogP contribution in [0.1, 0.15) is 36.5 Å². The molecule has 20 heavy (non-hydrogen) atoms. The standard InChI is InChI=1S/C13H21N3O4/c1-4-9-8-11(16(5-2)15-9)12(17)14-10(13(18)19)6-7-20-3/h8,10H,4-7H2,1-3H3,(H,14,17)(H,18,19). The minimum absolute atomic E-state index is 0.221. The lowest BCUT2D eigenvalue weighted by Crippen LogP contribution is -2.42. The normalized spacial score (nSPS) is 12.2. The number of nitrogens with zero attached hydrogens (tertiary/aromatic N) is 2. The summed E-state index contributed by atoms with van der Waals surface area (Å²) in [6, 6.07) is 0.723. The van der Waals surface area contributed by atoms with E-state index in [9.17, 15) is 9.59 Å². The molecule has 0 aliphatic heterocycles. The van der Waals surface area contributed by atoms with Gasteiger partial charge in [-0.25, -0.2) is 4.79 Å². The number of ether oxygens (including phenoxy) is 1. The molecule has 2 N–H and O–H groups in total. The molecule has 1 unspecified atom stereocenters. The van der Waals surface area contributed by atoms with E-state index >= 15 is 0 Å².